The van der Waals surface area contributed by atoms with E-state index in [2.05, 4.69) is 42.5 Å². The maximum Gasteiger partial charge on any atom is 0.119 e. The van der Waals surface area contributed by atoms with E-state index in [1.807, 2.05) is 12.1 Å². The molecule has 2 aromatic rings. The van der Waals surface area contributed by atoms with Crippen LogP contribution < -0.4 is 10.5 Å². The van der Waals surface area contributed by atoms with Crippen molar-refractivity contribution >= 4 is 0 Å². The van der Waals surface area contributed by atoms with Gasteiger partial charge in [-0.3, -0.25) is 0 Å². The van der Waals surface area contributed by atoms with Gasteiger partial charge in [-0.2, -0.15) is 0 Å². The molecule has 2 aromatic carbocycles. The van der Waals surface area contributed by atoms with Gasteiger partial charge in [-0.1, -0.05) is 42.5 Å². The Kier molecular flexibility index (Phi) is 4.56. The van der Waals surface area contributed by atoms with E-state index in [-0.39, 0.29) is 6.04 Å². The Hall–Kier alpha value is -1.80. The van der Waals surface area contributed by atoms with E-state index in [0.29, 0.717) is 6.10 Å². The molecule has 0 bridgehead atoms. The van der Waals surface area contributed by atoms with Gasteiger partial charge in [0, 0.05) is 6.04 Å². The van der Waals surface area contributed by atoms with Crippen LogP contribution in [0.15, 0.2) is 54.6 Å². The van der Waals surface area contributed by atoms with Crippen LogP contribution in [0.1, 0.15) is 42.9 Å². The number of hydrogen-bond acceptors (Lipinski definition) is 2. The molecule has 2 N–H and O–H groups in total. The summed E-state index contributed by atoms with van der Waals surface area (Å²) in [6, 6.07) is 19.0. The first kappa shape index (κ1) is 14.2. The highest BCUT2D eigenvalue weighted by molar-refractivity contribution is 5.29. The lowest BCUT2D eigenvalue weighted by molar-refractivity contribution is 0.303. The van der Waals surface area contributed by atoms with E-state index >= 15 is 0 Å². The molecule has 1 fully saturated rings. The molecule has 110 valence electrons. The summed E-state index contributed by atoms with van der Waals surface area (Å²) < 4.78 is 5.76. The summed E-state index contributed by atoms with van der Waals surface area (Å²) >= 11 is 0. The summed E-state index contributed by atoms with van der Waals surface area (Å²) in [6.45, 7) is 0. The van der Waals surface area contributed by atoms with Gasteiger partial charge in [0.05, 0.1) is 6.10 Å². The first-order valence-electron chi connectivity index (χ1n) is 7.87. The predicted octanol–water partition coefficient (Wildman–Crippen LogP) is 4.25. The molecule has 1 saturated carbocycles. The van der Waals surface area contributed by atoms with E-state index in [0.717, 1.165) is 25.0 Å². The molecule has 2 nitrogen and oxygen atoms in total. The highest BCUT2D eigenvalue weighted by atomic mass is 16.5. The summed E-state index contributed by atoms with van der Waals surface area (Å²) in [4.78, 5) is 0. The van der Waals surface area contributed by atoms with Crippen LogP contribution >= 0.6 is 0 Å². The second-order valence-corrected chi connectivity index (χ2v) is 5.87. The molecule has 1 aliphatic rings. The topological polar surface area (TPSA) is 35.2 Å². The zero-order chi connectivity index (χ0) is 14.5. The van der Waals surface area contributed by atoms with Gasteiger partial charge in [0.1, 0.15) is 5.75 Å². The normalized spacial score (nSPS) is 15.7. The fraction of sp³-hybridized carbons (Fsp3) is 0.368. The van der Waals surface area contributed by atoms with Gasteiger partial charge < -0.3 is 10.5 Å². The van der Waals surface area contributed by atoms with Crippen molar-refractivity contribution in [1.82, 2.24) is 0 Å². The van der Waals surface area contributed by atoms with Crippen molar-refractivity contribution in [3.05, 3.63) is 65.7 Å². The van der Waals surface area contributed by atoms with Crippen LogP contribution in [0.5, 0.6) is 5.75 Å². The Bertz CT molecular complexity index is 546. The minimum Gasteiger partial charge on any atom is -0.490 e. The number of nitrogens with two attached hydrogens (primary N) is 1. The molecule has 0 aromatic heterocycles. The van der Waals surface area contributed by atoms with E-state index in [4.69, 9.17) is 10.5 Å². The first-order chi connectivity index (χ1) is 10.3. The van der Waals surface area contributed by atoms with E-state index < -0.39 is 0 Å². The zero-order valence-corrected chi connectivity index (χ0v) is 12.4. The lowest BCUT2D eigenvalue weighted by Crippen LogP contribution is -2.10. The van der Waals surface area contributed by atoms with Crippen molar-refractivity contribution < 1.29 is 4.74 Å². The Morgan fingerprint density at radius 1 is 1.00 bits per heavy atom. The quantitative estimate of drug-likeness (QED) is 0.823. The van der Waals surface area contributed by atoms with Gasteiger partial charge >= 0.3 is 0 Å². The smallest absolute Gasteiger partial charge is 0.119 e. The second-order valence-electron chi connectivity index (χ2n) is 5.87. The Labute approximate surface area is 126 Å². The fourth-order valence-corrected chi connectivity index (χ4v) is 2.51. The van der Waals surface area contributed by atoms with Crippen LogP contribution in [-0.4, -0.2) is 6.10 Å². The second kappa shape index (κ2) is 6.77. The van der Waals surface area contributed by atoms with Gasteiger partial charge in [-0.25, -0.2) is 0 Å². The molecule has 0 saturated heterocycles. The Morgan fingerprint density at radius 3 is 2.38 bits per heavy atom. The van der Waals surface area contributed by atoms with Crippen molar-refractivity contribution in [3.8, 4) is 5.75 Å². The van der Waals surface area contributed by atoms with Gasteiger partial charge in [0.2, 0.25) is 0 Å². The summed E-state index contributed by atoms with van der Waals surface area (Å²) in [5, 5.41) is 0. The van der Waals surface area contributed by atoms with Gasteiger partial charge in [0.15, 0.2) is 0 Å². The summed E-state index contributed by atoms with van der Waals surface area (Å²) in [6.07, 6.45) is 6.07. The minimum atomic E-state index is 0.115. The van der Waals surface area contributed by atoms with Crippen molar-refractivity contribution in [2.75, 3.05) is 0 Å². The highest BCUT2D eigenvalue weighted by Gasteiger charge is 2.23. The number of hydrogen-bond donors (Lipinski definition) is 1. The summed E-state index contributed by atoms with van der Waals surface area (Å²) in [5.41, 5.74) is 8.87. The van der Waals surface area contributed by atoms with Gasteiger partial charge in [-0.05, 0) is 55.4 Å². The molecule has 0 spiro atoms. The molecule has 0 heterocycles. The monoisotopic (exact) mass is 281 g/mol. The molecular weight excluding hydrogens is 258 g/mol. The van der Waals surface area contributed by atoms with Crippen LogP contribution in [0.3, 0.4) is 0 Å². The predicted molar refractivity (Wildman–Crippen MR) is 86.4 cm³/mol. The molecule has 3 rings (SSSR count). The standard InChI is InChI=1S/C19H23NO/c20-19(8-4-7-15-5-2-1-3-6-15)16-9-11-17(12-10-16)21-18-13-14-18/h1-3,5-6,9-12,18-19H,4,7-8,13-14,20H2. The third-order valence-corrected chi connectivity index (χ3v) is 3.96. The van der Waals surface area contributed by atoms with E-state index in [1.165, 1.54) is 24.0 Å². The van der Waals surface area contributed by atoms with Crippen LogP contribution in [0.4, 0.5) is 0 Å². The average molecular weight is 281 g/mol. The maximum atomic E-state index is 6.28. The Morgan fingerprint density at radius 2 is 1.71 bits per heavy atom. The average Bonchev–Trinajstić information content (AvgIpc) is 3.33. The molecule has 0 aliphatic heterocycles. The highest BCUT2D eigenvalue weighted by Crippen LogP contribution is 2.27. The number of aryl methyl sites for hydroxylation is 1. The molecule has 0 radical (unpaired) electrons. The number of rotatable bonds is 7. The first-order valence-corrected chi connectivity index (χ1v) is 7.87. The largest absolute Gasteiger partial charge is 0.490 e. The maximum absolute atomic E-state index is 6.28. The van der Waals surface area contributed by atoms with Crippen LogP contribution in [0.25, 0.3) is 0 Å². The zero-order valence-electron chi connectivity index (χ0n) is 12.4. The van der Waals surface area contributed by atoms with Crippen LogP contribution in [0, 0.1) is 0 Å². The third-order valence-electron chi connectivity index (χ3n) is 3.96. The summed E-state index contributed by atoms with van der Waals surface area (Å²) in [5.74, 6) is 0.970. The molecule has 0 amide bonds. The van der Waals surface area contributed by atoms with Gasteiger partial charge in [-0.15, -0.1) is 0 Å². The van der Waals surface area contributed by atoms with Crippen LogP contribution in [-0.2, 0) is 6.42 Å². The number of ether oxygens (including phenoxy) is 1. The van der Waals surface area contributed by atoms with Crippen LogP contribution in [0.2, 0.25) is 0 Å². The lowest BCUT2D eigenvalue weighted by Gasteiger charge is -2.13. The fourth-order valence-electron chi connectivity index (χ4n) is 2.51. The molecule has 1 atom stereocenters. The SMILES string of the molecule is NC(CCCc1ccccc1)c1ccc(OC2CC2)cc1. The van der Waals surface area contributed by atoms with E-state index in [9.17, 15) is 0 Å². The van der Waals surface area contributed by atoms with Crippen molar-refractivity contribution in [3.63, 3.8) is 0 Å². The molecule has 21 heavy (non-hydrogen) atoms. The van der Waals surface area contributed by atoms with Crippen molar-refractivity contribution in [2.24, 2.45) is 5.73 Å². The minimum absolute atomic E-state index is 0.115. The molecule has 1 unspecified atom stereocenters. The summed E-state index contributed by atoms with van der Waals surface area (Å²) in [7, 11) is 0. The molecule has 1 aliphatic carbocycles. The van der Waals surface area contributed by atoms with E-state index in [1.54, 1.807) is 0 Å². The third kappa shape index (κ3) is 4.33. The van der Waals surface area contributed by atoms with Gasteiger partial charge in [0.25, 0.3) is 0 Å². The molecule has 2 heteroatoms. The lowest BCUT2D eigenvalue weighted by atomic mass is 10.00. The van der Waals surface area contributed by atoms with Crippen molar-refractivity contribution in [2.45, 2.75) is 44.2 Å². The van der Waals surface area contributed by atoms with Crippen molar-refractivity contribution in [1.29, 1.82) is 0 Å². The Balaban J connectivity index is 1.46. The molecular formula is C19H23NO. The number of benzene rings is 2.